The number of pyridine rings is 1. The third-order valence-electron chi connectivity index (χ3n) is 2.38. The van der Waals surface area contributed by atoms with Crippen molar-refractivity contribution in [2.75, 3.05) is 5.32 Å². The summed E-state index contributed by atoms with van der Waals surface area (Å²) in [6, 6.07) is 12.6. The van der Waals surface area contributed by atoms with Crippen molar-refractivity contribution in [3.05, 3.63) is 59.0 Å². The van der Waals surface area contributed by atoms with Gasteiger partial charge in [-0.05, 0) is 42.8 Å². The minimum Gasteiger partial charge on any atom is -0.363 e. The first-order valence-electron chi connectivity index (χ1n) is 5.21. The summed E-state index contributed by atoms with van der Waals surface area (Å²) in [6.07, 6.45) is 0. The second-order valence-corrected chi connectivity index (χ2v) is 4.08. The highest BCUT2D eigenvalue weighted by Gasteiger charge is 2.06. The number of halogens is 2. The molecule has 0 aliphatic carbocycles. The fraction of sp³-hybridized carbons (Fsp3) is 0.154. The molecule has 1 N–H and O–H groups in total. The average Bonchev–Trinajstić information content (AvgIpc) is 2.29. The van der Waals surface area contributed by atoms with Gasteiger partial charge in [-0.25, -0.2) is 9.37 Å². The number of rotatable bonds is 3. The van der Waals surface area contributed by atoms with E-state index >= 15 is 0 Å². The molecule has 1 aromatic heterocycles. The monoisotopic (exact) mass is 249 g/mol. The zero-order valence-corrected chi connectivity index (χ0v) is 10.0. The van der Waals surface area contributed by atoms with Crippen LogP contribution in [0.4, 0.5) is 10.2 Å². The molecule has 1 heterocycles. The zero-order chi connectivity index (χ0) is 12.3. The number of nitrogens with zero attached hydrogens (tertiary/aromatic N) is 1. The van der Waals surface area contributed by atoms with Gasteiger partial charge in [0.25, 0.3) is 0 Å². The van der Waals surface area contributed by atoms with Crippen LogP contribution in [0, 0.1) is 11.9 Å². The van der Waals surface area contributed by atoms with Crippen molar-refractivity contribution in [1.82, 2.24) is 4.98 Å². The van der Waals surface area contributed by atoms with Crippen molar-refractivity contribution in [2.45, 2.75) is 13.0 Å². The Balaban J connectivity index is 2.11. The van der Waals surface area contributed by atoms with E-state index in [9.17, 15) is 4.39 Å². The molecule has 1 atom stereocenters. The van der Waals surface area contributed by atoms with Crippen LogP contribution in [0.3, 0.4) is 0 Å². The summed E-state index contributed by atoms with van der Waals surface area (Å²) < 4.78 is 12.8. The van der Waals surface area contributed by atoms with E-state index in [4.69, 9.17) is 11.6 Å². The summed E-state index contributed by atoms with van der Waals surface area (Å²) in [5.41, 5.74) is 0.980. The smallest absolute Gasteiger partial charge is 0.132 e. The van der Waals surface area contributed by atoms with E-state index in [0.717, 1.165) is 5.56 Å². The lowest BCUT2D eigenvalue weighted by Crippen LogP contribution is -2.07. The maximum atomic E-state index is 12.8. The Bertz CT molecular complexity index is 499. The topological polar surface area (TPSA) is 24.9 Å². The molecule has 0 amide bonds. The normalized spacial score (nSPS) is 12.2. The quantitative estimate of drug-likeness (QED) is 0.836. The molecule has 17 heavy (non-hydrogen) atoms. The van der Waals surface area contributed by atoms with Gasteiger partial charge in [-0.15, -0.1) is 0 Å². The summed E-state index contributed by atoms with van der Waals surface area (Å²) >= 11 is 5.76. The first-order chi connectivity index (χ1) is 8.15. The van der Waals surface area contributed by atoms with Gasteiger partial charge in [-0.1, -0.05) is 23.7 Å². The van der Waals surface area contributed by atoms with E-state index in [0.29, 0.717) is 11.0 Å². The van der Waals surface area contributed by atoms with Crippen molar-refractivity contribution < 1.29 is 4.39 Å². The molecular formula is C13H11ClFN2. The van der Waals surface area contributed by atoms with E-state index < -0.39 is 0 Å². The van der Waals surface area contributed by atoms with Crippen LogP contribution in [0.5, 0.6) is 0 Å². The lowest BCUT2D eigenvalue weighted by atomic mass is 10.1. The zero-order valence-electron chi connectivity index (χ0n) is 9.24. The maximum Gasteiger partial charge on any atom is 0.132 e. The van der Waals surface area contributed by atoms with E-state index in [1.165, 1.54) is 12.1 Å². The van der Waals surface area contributed by atoms with E-state index in [-0.39, 0.29) is 11.9 Å². The first kappa shape index (κ1) is 11.9. The molecule has 0 saturated heterocycles. The number of hydrogen-bond acceptors (Lipinski definition) is 2. The molecule has 0 spiro atoms. The van der Waals surface area contributed by atoms with Crippen LogP contribution in [0.15, 0.2) is 36.4 Å². The van der Waals surface area contributed by atoms with E-state index in [1.54, 1.807) is 24.3 Å². The third-order valence-corrected chi connectivity index (χ3v) is 2.58. The number of benzene rings is 1. The Morgan fingerprint density at radius 3 is 2.65 bits per heavy atom. The van der Waals surface area contributed by atoms with Crippen LogP contribution in [0.1, 0.15) is 18.5 Å². The molecule has 0 saturated carbocycles. The lowest BCUT2D eigenvalue weighted by molar-refractivity contribution is 0.626. The van der Waals surface area contributed by atoms with Crippen molar-refractivity contribution in [3.63, 3.8) is 0 Å². The molecule has 0 unspecified atom stereocenters. The van der Waals surface area contributed by atoms with Crippen molar-refractivity contribution in [3.8, 4) is 0 Å². The molecule has 87 valence electrons. The largest absolute Gasteiger partial charge is 0.363 e. The van der Waals surface area contributed by atoms with Gasteiger partial charge in [0, 0.05) is 6.04 Å². The molecular weight excluding hydrogens is 239 g/mol. The van der Waals surface area contributed by atoms with Gasteiger partial charge in [0.1, 0.15) is 16.8 Å². The van der Waals surface area contributed by atoms with Gasteiger partial charge in [-0.2, -0.15) is 0 Å². The summed E-state index contributed by atoms with van der Waals surface area (Å²) in [6.45, 7) is 1.97. The standard InChI is InChI=1S/C13H11ClFN2/c1-9(10-5-7-11(15)8-6-10)16-13-4-2-3-12(14)17-13/h3-9H,1H3,(H,16,17)/t9-/m0/s1. The molecule has 0 aliphatic heterocycles. The van der Waals surface area contributed by atoms with Gasteiger partial charge in [-0.3, -0.25) is 0 Å². The lowest BCUT2D eigenvalue weighted by Gasteiger charge is -2.14. The summed E-state index contributed by atoms with van der Waals surface area (Å²) in [4.78, 5) is 4.11. The highest BCUT2D eigenvalue weighted by Crippen LogP contribution is 2.18. The Hall–Kier alpha value is -1.61. The Morgan fingerprint density at radius 1 is 1.29 bits per heavy atom. The highest BCUT2D eigenvalue weighted by atomic mass is 35.5. The number of nitrogens with one attached hydrogen (secondary N) is 1. The van der Waals surface area contributed by atoms with Gasteiger partial charge >= 0.3 is 0 Å². The Labute approximate surface area is 104 Å². The van der Waals surface area contributed by atoms with Crippen LogP contribution >= 0.6 is 11.6 Å². The van der Waals surface area contributed by atoms with Gasteiger partial charge in [0.2, 0.25) is 0 Å². The van der Waals surface area contributed by atoms with Gasteiger partial charge in [0.05, 0.1) is 0 Å². The molecule has 2 rings (SSSR count). The third kappa shape index (κ3) is 3.17. The van der Waals surface area contributed by atoms with Gasteiger partial charge < -0.3 is 5.32 Å². The Kier molecular flexibility index (Phi) is 3.59. The number of anilines is 1. The fourth-order valence-corrected chi connectivity index (χ4v) is 1.65. The predicted octanol–water partition coefficient (Wildman–Crippen LogP) is 3.85. The van der Waals surface area contributed by atoms with E-state index in [1.807, 2.05) is 6.92 Å². The molecule has 1 radical (unpaired) electrons. The summed E-state index contributed by atoms with van der Waals surface area (Å²) in [7, 11) is 0. The molecule has 2 aromatic rings. The summed E-state index contributed by atoms with van der Waals surface area (Å²) in [5.74, 6) is 0.407. The minimum absolute atomic E-state index is 0.0231. The second kappa shape index (κ2) is 5.15. The SMILES string of the molecule is C[C@H](Nc1c[c]cc(Cl)n1)c1ccc(F)cc1. The first-order valence-corrected chi connectivity index (χ1v) is 5.58. The molecule has 2 nitrogen and oxygen atoms in total. The number of aromatic nitrogens is 1. The molecule has 4 heteroatoms. The van der Waals surface area contributed by atoms with Crippen molar-refractivity contribution in [1.29, 1.82) is 0 Å². The van der Waals surface area contributed by atoms with Crippen LogP contribution < -0.4 is 5.32 Å². The molecule has 0 bridgehead atoms. The minimum atomic E-state index is -0.241. The van der Waals surface area contributed by atoms with Crippen LogP contribution in [0.25, 0.3) is 0 Å². The van der Waals surface area contributed by atoms with Crippen molar-refractivity contribution in [2.24, 2.45) is 0 Å². The van der Waals surface area contributed by atoms with E-state index in [2.05, 4.69) is 16.4 Å². The highest BCUT2D eigenvalue weighted by molar-refractivity contribution is 6.29. The molecule has 1 aromatic carbocycles. The van der Waals surface area contributed by atoms with Crippen LogP contribution in [0.2, 0.25) is 5.15 Å². The second-order valence-electron chi connectivity index (χ2n) is 3.69. The summed E-state index contributed by atoms with van der Waals surface area (Å²) in [5, 5.41) is 3.56. The predicted molar refractivity (Wildman–Crippen MR) is 66.5 cm³/mol. The maximum absolute atomic E-state index is 12.8. The fourth-order valence-electron chi connectivity index (χ4n) is 1.50. The average molecular weight is 250 g/mol. The van der Waals surface area contributed by atoms with Gasteiger partial charge in [0.15, 0.2) is 0 Å². The van der Waals surface area contributed by atoms with Crippen molar-refractivity contribution >= 4 is 17.4 Å². The molecule has 0 fully saturated rings. The van der Waals surface area contributed by atoms with Crippen LogP contribution in [-0.4, -0.2) is 4.98 Å². The molecule has 0 aliphatic rings. The Morgan fingerprint density at radius 2 is 2.00 bits per heavy atom. The van der Waals surface area contributed by atoms with Crippen LogP contribution in [-0.2, 0) is 0 Å². The number of hydrogen-bond donors (Lipinski definition) is 1.